The molecule has 1 unspecified atom stereocenters. The molecule has 0 radical (unpaired) electrons. The van der Waals surface area contributed by atoms with Crippen LogP contribution >= 0.6 is 11.8 Å². The molecule has 5 nitrogen and oxygen atoms in total. The average molecular weight is 292 g/mol. The van der Waals surface area contributed by atoms with E-state index in [-0.39, 0.29) is 6.04 Å². The van der Waals surface area contributed by atoms with Gasteiger partial charge in [-0.15, -0.1) is 5.10 Å². The van der Waals surface area contributed by atoms with E-state index in [0.717, 1.165) is 21.8 Å². The number of thioether (sulfide) groups is 1. The van der Waals surface area contributed by atoms with Crippen molar-refractivity contribution in [3.8, 4) is 0 Å². The van der Waals surface area contributed by atoms with E-state index in [1.165, 1.54) is 11.8 Å². The van der Waals surface area contributed by atoms with E-state index in [2.05, 4.69) is 21.6 Å². The first-order chi connectivity index (χ1) is 9.47. The zero-order chi connectivity index (χ0) is 14.7. The molecule has 0 saturated heterocycles. The second-order valence-electron chi connectivity index (χ2n) is 5.25. The van der Waals surface area contributed by atoms with Crippen LogP contribution in [0.25, 0.3) is 0 Å². The van der Waals surface area contributed by atoms with Crippen molar-refractivity contribution in [1.29, 1.82) is 0 Å². The highest BCUT2D eigenvalue weighted by molar-refractivity contribution is 7.99. The molecule has 1 atom stereocenters. The van der Waals surface area contributed by atoms with Crippen molar-refractivity contribution in [2.75, 3.05) is 5.75 Å². The monoisotopic (exact) mass is 292 g/mol. The summed E-state index contributed by atoms with van der Waals surface area (Å²) < 4.78 is 1.76. The smallest absolute Gasteiger partial charge is 0.209 e. The summed E-state index contributed by atoms with van der Waals surface area (Å²) in [5.74, 6) is 0.538. The quantitative estimate of drug-likeness (QED) is 0.858. The first-order valence-corrected chi connectivity index (χ1v) is 7.63. The van der Waals surface area contributed by atoms with E-state index >= 15 is 0 Å². The molecule has 1 aromatic heterocycles. The van der Waals surface area contributed by atoms with Crippen LogP contribution in [0.2, 0.25) is 0 Å². The molecule has 108 valence electrons. The van der Waals surface area contributed by atoms with Gasteiger partial charge in [-0.05, 0) is 43.7 Å². The van der Waals surface area contributed by atoms with Gasteiger partial charge < -0.3 is 5.11 Å². The maximum atomic E-state index is 10.3. The van der Waals surface area contributed by atoms with E-state index in [4.69, 9.17) is 0 Å². The van der Waals surface area contributed by atoms with Crippen molar-refractivity contribution >= 4 is 11.8 Å². The highest BCUT2D eigenvalue weighted by atomic mass is 32.2. The third-order valence-electron chi connectivity index (χ3n) is 2.95. The van der Waals surface area contributed by atoms with Crippen LogP contribution in [-0.4, -0.2) is 31.1 Å². The van der Waals surface area contributed by atoms with E-state index in [0.29, 0.717) is 5.75 Å². The molecule has 2 rings (SSSR count). The Morgan fingerprint density at radius 3 is 2.45 bits per heavy atom. The normalized spacial score (nSPS) is 12.9. The number of aryl methyl sites for hydroxylation is 2. The molecule has 1 aromatic carbocycles. The Kier molecular flexibility index (Phi) is 4.77. The van der Waals surface area contributed by atoms with E-state index in [1.807, 2.05) is 39.8 Å². The van der Waals surface area contributed by atoms with Crippen LogP contribution in [0.1, 0.15) is 42.7 Å². The van der Waals surface area contributed by atoms with Gasteiger partial charge in [-0.25, -0.2) is 4.68 Å². The summed E-state index contributed by atoms with van der Waals surface area (Å²) in [5.41, 5.74) is 3.27. The molecule has 0 fully saturated rings. The van der Waals surface area contributed by atoms with E-state index < -0.39 is 6.10 Å². The lowest BCUT2D eigenvalue weighted by molar-refractivity contribution is 0.204. The van der Waals surface area contributed by atoms with Gasteiger partial charge in [0.1, 0.15) is 0 Å². The summed E-state index contributed by atoms with van der Waals surface area (Å²) in [5, 5.41) is 22.7. The third-order valence-corrected chi connectivity index (χ3v) is 3.96. The highest BCUT2D eigenvalue weighted by Crippen LogP contribution is 2.25. The molecular formula is C14H20N4OS. The SMILES string of the molecule is Cc1cc(C)cc(C(O)CSc2nnnn2C(C)C)c1. The Balaban J connectivity index is 2.04. The Morgan fingerprint density at radius 1 is 1.20 bits per heavy atom. The predicted molar refractivity (Wildman–Crippen MR) is 79.8 cm³/mol. The number of tetrazole rings is 1. The molecule has 1 heterocycles. The lowest BCUT2D eigenvalue weighted by Gasteiger charge is -2.13. The van der Waals surface area contributed by atoms with Gasteiger partial charge in [0, 0.05) is 5.75 Å². The van der Waals surface area contributed by atoms with Gasteiger partial charge >= 0.3 is 0 Å². The van der Waals surface area contributed by atoms with Crippen LogP contribution in [-0.2, 0) is 0 Å². The fraction of sp³-hybridized carbons (Fsp3) is 0.500. The molecule has 0 saturated carbocycles. The lowest BCUT2D eigenvalue weighted by atomic mass is 10.0. The Hall–Kier alpha value is -1.40. The minimum atomic E-state index is -0.518. The van der Waals surface area contributed by atoms with Gasteiger partial charge in [0.2, 0.25) is 5.16 Å². The second kappa shape index (κ2) is 6.37. The van der Waals surface area contributed by atoms with Crippen LogP contribution in [0.15, 0.2) is 23.4 Å². The zero-order valence-corrected chi connectivity index (χ0v) is 13.1. The number of aromatic nitrogens is 4. The predicted octanol–water partition coefficient (Wildman–Crippen LogP) is 2.70. The molecule has 0 aliphatic carbocycles. The lowest BCUT2D eigenvalue weighted by Crippen LogP contribution is -2.07. The standard InChI is InChI=1S/C14H20N4OS/c1-9(2)18-14(15-16-17-18)20-8-13(19)12-6-10(3)5-11(4)7-12/h5-7,9,13,19H,8H2,1-4H3. The number of hydrogen-bond acceptors (Lipinski definition) is 5. The second-order valence-corrected chi connectivity index (χ2v) is 6.23. The van der Waals surface area contributed by atoms with Gasteiger partial charge in [-0.2, -0.15) is 0 Å². The van der Waals surface area contributed by atoms with Crippen molar-refractivity contribution < 1.29 is 5.11 Å². The molecule has 0 amide bonds. The van der Waals surface area contributed by atoms with Gasteiger partial charge in [-0.3, -0.25) is 0 Å². The summed E-state index contributed by atoms with van der Waals surface area (Å²) in [7, 11) is 0. The number of rotatable bonds is 5. The molecule has 0 bridgehead atoms. The molecule has 0 spiro atoms. The van der Waals surface area contributed by atoms with Crippen LogP contribution in [0.4, 0.5) is 0 Å². The molecule has 0 aliphatic heterocycles. The third kappa shape index (κ3) is 3.58. The van der Waals surface area contributed by atoms with Crippen molar-refractivity contribution in [3.05, 3.63) is 34.9 Å². The van der Waals surface area contributed by atoms with Crippen molar-refractivity contribution in [3.63, 3.8) is 0 Å². The molecule has 6 heteroatoms. The number of nitrogens with zero attached hydrogens (tertiary/aromatic N) is 4. The summed E-state index contributed by atoms with van der Waals surface area (Å²) in [4.78, 5) is 0. The Labute approximate surface area is 123 Å². The molecule has 1 N–H and O–H groups in total. The van der Waals surface area contributed by atoms with Crippen molar-refractivity contribution in [2.24, 2.45) is 0 Å². The summed E-state index contributed by atoms with van der Waals surface area (Å²) >= 11 is 1.47. The largest absolute Gasteiger partial charge is 0.388 e. The van der Waals surface area contributed by atoms with E-state index in [9.17, 15) is 5.11 Å². The minimum absolute atomic E-state index is 0.214. The summed E-state index contributed by atoms with van der Waals surface area (Å²) in [6.45, 7) is 8.13. The van der Waals surface area contributed by atoms with Gasteiger partial charge in [0.15, 0.2) is 0 Å². The first-order valence-electron chi connectivity index (χ1n) is 6.64. The van der Waals surface area contributed by atoms with Crippen LogP contribution in [0.3, 0.4) is 0 Å². The van der Waals surface area contributed by atoms with Crippen molar-refractivity contribution in [1.82, 2.24) is 20.2 Å². The number of benzene rings is 1. The average Bonchev–Trinajstić information content (AvgIpc) is 2.83. The summed E-state index contributed by atoms with van der Waals surface area (Å²) in [6, 6.07) is 6.35. The van der Waals surface area contributed by atoms with Gasteiger partial charge in [0.25, 0.3) is 0 Å². The minimum Gasteiger partial charge on any atom is -0.388 e. The van der Waals surface area contributed by atoms with E-state index in [1.54, 1.807) is 4.68 Å². The maximum Gasteiger partial charge on any atom is 0.209 e. The highest BCUT2D eigenvalue weighted by Gasteiger charge is 2.14. The van der Waals surface area contributed by atoms with Gasteiger partial charge in [-0.1, -0.05) is 41.1 Å². The van der Waals surface area contributed by atoms with Crippen LogP contribution in [0.5, 0.6) is 0 Å². The molecule has 20 heavy (non-hydrogen) atoms. The zero-order valence-electron chi connectivity index (χ0n) is 12.2. The Bertz CT molecular complexity index is 562. The van der Waals surface area contributed by atoms with Crippen LogP contribution in [0, 0.1) is 13.8 Å². The van der Waals surface area contributed by atoms with Gasteiger partial charge in [0.05, 0.1) is 12.1 Å². The first kappa shape index (κ1) is 15.0. The topological polar surface area (TPSA) is 63.8 Å². The van der Waals surface area contributed by atoms with Crippen LogP contribution < -0.4 is 0 Å². The summed E-state index contributed by atoms with van der Waals surface area (Å²) in [6.07, 6.45) is -0.518. The number of aliphatic hydroxyl groups excluding tert-OH is 1. The number of hydrogen-bond donors (Lipinski definition) is 1. The fourth-order valence-corrected chi connectivity index (χ4v) is 3.03. The Morgan fingerprint density at radius 2 is 1.85 bits per heavy atom. The van der Waals surface area contributed by atoms with Crippen molar-refractivity contribution in [2.45, 2.75) is 45.0 Å². The molecular weight excluding hydrogens is 272 g/mol. The molecule has 2 aromatic rings. The fourth-order valence-electron chi connectivity index (χ4n) is 2.06. The number of aliphatic hydroxyl groups is 1. The maximum absolute atomic E-state index is 10.3. The molecule has 0 aliphatic rings.